The van der Waals surface area contributed by atoms with Gasteiger partial charge >= 0.3 is 0 Å². The maximum absolute atomic E-state index is 10.1. The van der Waals surface area contributed by atoms with Crippen LogP contribution in [-0.2, 0) is 0 Å². The van der Waals surface area contributed by atoms with E-state index in [9.17, 15) is 5.11 Å². The van der Waals surface area contributed by atoms with E-state index in [4.69, 9.17) is 0 Å². The van der Waals surface area contributed by atoms with Crippen molar-refractivity contribution < 1.29 is 5.11 Å². The molecule has 0 spiro atoms. The van der Waals surface area contributed by atoms with Gasteiger partial charge in [-0.25, -0.2) is 0 Å². The Labute approximate surface area is 117 Å². The summed E-state index contributed by atoms with van der Waals surface area (Å²) in [6.45, 7) is 1.21. The summed E-state index contributed by atoms with van der Waals surface area (Å²) in [4.78, 5) is 0. The Hall–Kier alpha value is -0.120. The minimum absolute atomic E-state index is 0.102. The van der Waals surface area contributed by atoms with E-state index < -0.39 is 0 Å². The van der Waals surface area contributed by atoms with E-state index >= 15 is 0 Å². The van der Waals surface area contributed by atoms with E-state index in [0.717, 1.165) is 18.4 Å². The quantitative estimate of drug-likeness (QED) is 0.734. The van der Waals surface area contributed by atoms with Crippen LogP contribution in [0.4, 0.5) is 0 Å². The largest absolute Gasteiger partial charge is 0.392 e. The van der Waals surface area contributed by atoms with Gasteiger partial charge in [-0.2, -0.15) is 0 Å². The average molecular weight is 266 g/mol. The van der Waals surface area contributed by atoms with E-state index in [1.54, 1.807) is 0 Å². The second-order valence-corrected chi connectivity index (χ2v) is 6.88. The zero-order valence-corrected chi connectivity index (χ0v) is 12.1. The average Bonchev–Trinajstić information content (AvgIpc) is 2.91. The zero-order valence-electron chi connectivity index (χ0n) is 12.1. The zero-order chi connectivity index (χ0) is 13.1. The molecule has 2 aliphatic carbocycles. The van der Waals surface area contributed by atoms with Gasteiger partial charge in [0.1, 0.15) is 0 Å². The van der Waals surface area contributed by atoms with Crippen LogP contribution in [0, 0.1) is 5.92 Å². The summed E-state index contributed by atoms with van der Waals surface area (Å²) >= 11 is 0. The third kappa shape index (κ3) is 3.32. The Bertz CT molecular complexity index is 278. The van der Waals surface area contributed by atoms with Crippen molar-refractivity contribution in [3.63, 3.8) is 0 Å². The molecule has 5 atom stereocenters. The van der Waals surface area contributed by atoms with Crippen LogP contribution in [0.3, 0.4) is 0 Å². The summed E-state index contributed by atoms with van der Waals surface area (Å²) in [7, 11) is 0. The van der Waals surface area contributed by atoms with Crippen LogP contribution in [0.1, 0.15) is 64.2 Å². The lowest BCUT2D eigenvalue weighted by Crippen LogP contribution is -2.52. The first-order chi connectivity index (χ1) is 9.34. The number of hydrogen-bond donors (Lipinski definition) is 3. The highest BCUT2D eigenvalue weighted by Crippen LogP contribution is 2.33. The smallest absolute Gasteiger partial charge is 0.0693 e. The fraction of sp³-hybridized carbons (Fsp3) is 1.00. The van der Waals surface area contributed by atoms with Crippen molar-refractivity contribution in [3.05, 3.63) is 0 Å². The molecule has 3 heteroatoms. The Kier molecular flexibility index (Phi) is 4.78. The van der Waals surface area contributed by atoms with Crippen LogP contribution in [0.2, 0.25) is 0 Å². The summed E-state index contributed by atoms with van der Waals surface area (Å²) < 4.78 is 0. The van der Waals surface area contributed by atoms with Gasteiger partial charge in [0.25, 0.3) is 0 Å². The number of aliphatic hydroxyl groups is 1. The Morgan fingerprint density at radius 3 is 2.37 bits per heavy atom. The summed E-state index contributed by atoms with van der Waals surface area (Å²) in [5, 5.41) is 17.7. The molecule has 0 bridgehead atoms. The van der Waals surface area contributed by atoms with Crippen molar-refractivity contribution in [1.82, 2.24) is 10.6 Å². The summed E-state index contributed by atoms with van der Waals surface area (Å²) in [6, 6.07) is 1.74. The molecule has 0 radical (unpaired) electrons. The molecule has 3 nitrogen and oxygen atoms in total. The van der Waals surface area contributed by atoms with Crippen molar-refractivity contribution in [2.75, 3.05) is 6.54 Å². The Morgan fingerprint density at radius 2 is 1.58 bits per heavy atom. The van der Waals surface area contributed by atoms with Crippen molar-refractivity contribution in [1.29, 1.82) is 0 Å². The number of nitrogens with one attached hydrogen (secondary N) is 2. The molecule has 1 aliphatic heterocycles. The molecule has 3 rings (SSSR count). The lowest BCUT2D eigenvalue weighted by Gasteiger charge is -2.37. The van der Waals surface area contributed by atoms with Crippen LogP contribution in [0.5, 0.6) is 0 Å². The van der Waals surface area contributed by atoms with Crippen molar-refractivity contribution in [2.45, 2.75) is 88.4 Å². The lowest BCUT2D eigenvalue weighted by atomic mass is 9.86. The Morgan fingerprint density at radius 1 is 0.789 bits per heavy atom. The second kappa shape index (κ2) is 6.55. The van der Waals surface area contributed by atoms with Crippen LogP contribution in [-0.4, -0.2) is 35.9 Å². The van der Waals surface area contributed by atoms with Gasteiger partial charge in [-0.05, 0) is 51.0 Å². The van der Waals surface area contributed by atoms with Crippen LogP contribution >= 0.6 is 0 Å². The molecule has 3 fully saturated rings. The van der Waals surface area contributed by atoms with Gasteiger partial charge in [0.15, 0.2) is 0 Å². The molecule has 2 saturated carbocycles. The van der Waals surface area contributed by atoms with E-state index in [1.165, 1.54) is 64.3 Å². The highest BCUT2D eigenvalue weighted by Gasteiger charge is 2.36. The third-order valence-corrected chi connectivity index (χ3v) is 5.59. The molecule has 3 N–H and O–H groups in total. The third-order valence-electron chi connectivity index (χ3n) is 5.59. The molecule has 0 amide bonds. The number of aliphatic hydroxyl groups excluding tert-OH is 1. The first-order valence-electron chi connectivity index (χ1n) is 8.52. The van der Waals surface area contributed by atoms with E-state index in [-0.39, 0.29) is 6.10 Å². The molecular formula is C16H30N2O. The monoisotopic (exact) mass is 266 g/mol. The number of rotatable bonds is 3. The Balaban J connectivity index is 1.56. The van der Waals surface area contributed by atoms with Crippen LogP contribution in [0.15, 0.2) is 0 Å². The molecule has 110 valence electrons. The molecular weight excluding hydrogens is 236 g/mol. The molecule has 0 aromatic carbocycles. The molecule has 1 heterocycles. The van der Waals surface area contributed by atoms with E-state index in [0.29, 0.717) is 12.1 Å². The summed E-state index contributed by atoms with van der Waals surface area (Å²) in [6.07, 6.45) is 12.7. The van der Waals surface area contributed by atoms with Gasteiger partial charge in [0, 0.05) is 18.1 Å². The lowest BCUT2D eigenvalue weighted by molar-refractivity contribution is 0.0788. The van der Waals surface area contributed by atoms with Gasteiger partial charge in [-0.1, -0.05) is 25.7 Å². The summed E-state index contributed by atoms with van der Waals surface area (Å²) in [5.41, 5.74) is 0. The fourth-order valence-electron chi connectivity index (χ4n) is 4.50. The van der Waals surface area contributed by atoms with Crippen molar-refractivity contribution in [2.24, 2.45) is 5.92 Å². The molecule has 5 unspecified atom stereocenters. The van der Waals surface area contributed by atoms with E-state index in [2.05, 4.69) is 10.6 Å². The van der Waals surface area contributed by atoms with Gasteiger partial charge in [-0.15, -0.1) is 0 Å². The SMILES string of the molecule is OC1CCCCC1NC1CCCC1C1CCCCN1. The topological polar surface area (TPSA) is 44.3 Å². The molecule has 19 heavy (non-hydrogen) atoms. The first kappa shape index (κ1) is 13.8. The molecule has 1 saturated heterocycles. The minimum Gasteiger partial charge on any atom is -0.392 e. The summed E-state index contributed by atoms with van der Waals surface area (Å²) in [5.74, 6) is 0.800. The number of piperidine rings is 1. The highest BCUT2D eigenvalue weighted by molar-refractivity contribution is 4.95. The molecule has 0 aromatic rings. The normalized spacial score (nSPS) is 44.4. The van der Waals surface area contributed by atoms with E-state index in [1.807, 2.05) is 0 Å². The highest BCUT2D eigenvalue weighted by atomic mass is 16.3. The van der Waals surface area contributed by atoms with Crippen LogP contribution < -0.4 is 10.6 Å². The first-order valence-corrected chi connectivity index (χ1v) is 8.52. The maximum atomic E-state index is 10.1. The van der Waals surface area contributed by atoms with Crippen molar-refractivity contribution in [3.8, 4) is 0 Å². The van der Waals surface area contributed by atoms with Gasteiger partial charge in [0.05, 0.1) is 6.10 Å². The minimum atomic E-state index is -0.102. The van der Waals surface area contributed by atoms with Crippen LogP contribution in [0.25, 0.3) is 0 Å². The molecule has 0 aromatic heterocycles. The molecule has 3 aliphatic rings. The second-order valence-electron chi connectivity index (χ2n) is 6.88. The predicted octanol–water partition coefficient (Wildman–Crippen LogP) is 2.19. The fourth-order valence-corrected chi connectivity index (χ4v) is 4.50. The van der Waals surface area contributed by atoms with Gasteiger partial charge in [0.2, 0.25) is 0 Å². The number of hydrogen-bond acceptors (Lipinski definition) is 3. The predicted molar refractivity (Wildman–Crippen MR) is 78.2 cm³/mol. The maximum Gasteiger partial charge on any atom is 0.0693 e. The van der Waals surface area contributed by atoms with Crippen molar-refractivity contribution >= 4 is 0 Å². The van der Waals surface area contributed by atoms with Gasteiger partial charge < -0.3 is 15.7 Å². The standard InChI is InChI=1S/C16H30N2O/c19-16-10-2-1-8-15(16)18-14-9-5-6-12(14)13-7-3-4-11-17-13/h12-19H,1-11H2. The van der Waals surface area contributed by atoms with Gasteiger partial charge in [-0.3, -0.25) is 0 Å².